The second-order valence-electron chi connectivity index (χ2n) is 3.89. The number of rotatable bonds is 3. The number of carbonyl (C=O) groups excluding carboxylic acids is 2. The first-order chi connectivity index (χ1) is 8.16. The van der Waals surface area contributed by atoms with Crippen molar-refractivity contribution in [2.45, 2.75) is 19.4 Å². The molecule has 17 heavy (non-hydrogen) atoms. The molecule has 0 fully saturated rings. The van der Waals surface area contributed by atoms with Crippen LogP contribution in [0.25, 0.3) is 0 Å². The minimum atomic E-state index is -0.175. The molecule has 90 valence electrons. The molecule has 2 rings (SSSR count). The molecule has 1 N–H and O–H groups in total. The predicted octanol–water partition coefficient (Wildman–Crippen LogP) is 0.504. The van der Waals surface area contributed by atoms with Crippen LogP contribution in [0.4, 0.5) is 0 Å². The second kappa shape index (κ2) is 4.82. The van der Waals surface area contributed by atoms with E-state index in [4.69, 9.17) is 4.42 Å². The molecule has 1 aromatic heterocycles. The van der Waals surface area contributed by atoms with Crippen LogP contribution in [0.1, 0.15) is 18.4 Å². The van der Waals surface area contributed by atoms with Crippen molar-refractivity contribution in [3.05, 3.63) is 24.2 Å². The molecule has 1 aliphatic heterocycles. The molecule has 0 bridgehead atoms. The van der Waals surface area contributed by atoms with E-state index in [2.05, 4.69) is 10.5 Å². The summed E-state index contributed by atoms with van der Waals surface area (Å²) in [4.78, 5) is 24.4. The van der Waals surface area contributed by atoms with Gasteiger partial charge in [-0.3, -0.25) is 9.59 Å². The summed E-state index contributed by atoms with van der Waals surface area (Å²) in [7, 11) is 1.69. The fourth-order valence-electron chi connectivity index (χ4n) is 1.58. The maximum absolute atomic E-state index is 11.9. The largest absolute Gasteiger partial charge is 0.472 e. The number of nitrogens with zero attached hydrogens (tertiary/aromatic N) is 2. The summed E-state index contributed by atoms with van der Waals surface area (Å²) in [5.41, 5.74) is 3.61. The minimum absolute atomic E-state index is 0.154. The van der Waals surface area contributed by atoms with E-state index in [0.29, 0.717) is 25.1 Å². The van der Waals surface area contributed by atoms with E-state index in [1.54, 1.807) is 30.5 Å². The van der Waals surface area contributed by atoms with Crippen molar-refractivity contribution in [2.75, 3.05) is 7.05 Å². The highest BCUT2D eigenvalue weighted by atomic mass is 16.3. The number of furan rings is 1. The third kappa shape index (κ3) is 2.72. The number of hydrazone groups is 1. The quantitative estimate of drug-likeness (QED) is 0.829. The Morgan fingerprint density at radius 3 is 3.00 bits per heavy atom. The summed E-state index contributed by atoms with van der Waals surface area (Å²) >= 11 is 0. The maximum Gasteiger partial charge on any atom is 0.270 e. The molecule has 0 radical (unpaired) electrons. The van der Waals surface area contributed by atoms with Gasteiger partial charge < -0.3 is 9.32 Å². The highest BCUT2D eigenvalue weighted by Gasteiger charge is 2.21. The van der Waals surface area contributed by atoms with Crippen LogP contribution >= 0.6 is 0 Å². The van der Waals surface area contributed by atoms with E-state index in [-0.39, 0.29) is 11.8 Å². The topological polar surface area (TPSA) is 74.9 Å². The second-order valence-corrected chi connectivity index (χ2v) is 3.89. The van der Waals surface area contributed by atoms with Crippen LogP contribution in [-0.4, -0.2) is 29.5 Å². The summed E-state index contributed by atoms with van der Waals surface area (Å²) in [5, 5.41) is 3.76. The van der Waals surface area contributed by atoms with Gasteiger partial charge in [-0.2, -0.15) is 5.10 Å². The van der Waals surface area contributed by atoms with Crippen LogP contribution in [0.2, 0.25) is 0 Å². The van der Waals surface area contributed by atoms with Gasteiger partial charge in [-0.05, 0) is 6.07 Å². The molecule has 6 heteroatoms. The Labute approximate surface area is 98.3 Å². The molecule has 0 saturated heterocycles. The fourth-order valence-corrected chi connectivity index (χ4v) is 1.58. The first kappa shape index (κ1) is 11.4. The van der Waals surface area contributed by atoms with E-state index < -0.39 is 0 Å². The van der Waals surface area contributed by atoms with Crippen LogP contribution in [-0.2, 0) is 16.1 Å². The van der Waals surface area contributed by atoms with Crippen molar-refractivity contribution in [3.63, 3.8) is 0 Å². The van der Waals surface area contributed by atoms with Crippen LogP contribution in [0.5, 0.6) is 0 Å². The zero-order chi connectivity index (χ0) is 12.3. The standard InChI is InChI=1S/C11H13N3O3/c1-14(6-8-4-5-17-7-8)11(16)9-2-3-10(15)13-12-9/h4-5,7H,2-3,6H2,1H3,(H,13,15). The summed E-state index contributed by atoms with van der Waals surface area (Å²) in [6, 6.07) is 1.80. The first-order valence-electron chi connectivity index (χ1n) is 5.29. The van der Waals surface area contributed by atoms with E-state index in [1.807, 2.05) is 0 Å². The zero-order valence-corrected chi connectivity index (χ0v) is 9.47. The molecule has 0 spiro atoms. The fraction of sp³-hybridized carbons (Fsp3) is 0.364. The Balaban J connectivity index is 1.97. The Morgan fingerprint density at radius 1 is 1.59 bits per heavy atom. The zero-order valence-electron chi connectivity index (χ0n) is 9.47. The highest BCUT2D eigenvalue weighted by molar-refractivity contribution is 6.39. The first-order valence-corrected chi connectivity index (χ1v) is 5.29. The van der Waals surface area contributed by atoms with Gasteiger partial charge in [0, 0.05) is 32.0 Å². The molecule has 2 amide bonds. The van der Waals surface area contributed by atoms with E-state index in [9.17, 15) is 9.59 Å². The molecular weight excluding hydrogens is 222 g/mol. The van der Waals surface area contributed by atoms with E-state index in [0.717, 1.165) is 5.56 Å². The van der Waals surface area contributed by atoms with Crippen LogP contribution in [0, 0.1) is 0 Å². The van der Waals surface area contributed by atoms with Crippen molar-refractivity contribution in [1.29, 1.82) is 0 Å². The molecule has 0 saturated carbocycles. The van der Waals surface area contributed by atoms with Gasteiger partial charge in [0.2, 0.25) is 5.91 Å². The van der Waals surface area contributed by atoms with Crippen molar-refractivity contribution >= 4 is 17.5 Å². The monoisotopic (exact) mass is 235 g/mol. The van der Waals surface area contributed by atoms with E-state index in [1.165, 1.54) is 0 Å². The number of amides is 2. The SMILES string of the molecule is CN(Cc1ccoc1)C(=O)C1=NNC(=O)CC1. The van der Waals surface area contributed by atoms with Gasteiger partial charge in [0.05, 0.1) is 12.5 Å². The van der Waals surface area contributed by atoms with Crippen LogP contribution in [0.3, 0.4) is 0 Å². The van der Waals surface area contributed by atoms with Crippen molar-refractivity contribution in [1.82, 2.24) is 10.3 Å². The molecule has 0 unspecified atom stereocenters. The third-order valence-corrected chi connectivity index (χ3v) is 2.50. The van der Waals surface area contributed by atoms with Gasteiger partial charge in [-0.15, -0.1) is 0 Å². The van der Waals surface area contributed by atoms with Gasteiger partial charge >= 0.3 is 0 Å². The lowest BCUT2D eigenvalue weighted by molar-refractivity contribution is -0.124. The molecule has 1 aromatic rings. The molecule has 1 aliphatic rings. The summed E-state index contributed by atoms with van der Waals surface area (Å²) in [5.74, 6) is -0.328. The molecular formula is C11H13N3O3. The van der Waals surface area contributed by atoms with Gasteiger partial charge in [0.1, 0.15) is 5.71 Å². The molecule has 0 aromatic carbocycles. The average molecular weight is 235 g/mol. The van der Waals surface area contributed by atoms with Crippen LogP contribution < -0.4 is 5.43 Å². The van der Waals surface area contributed by atoms with Gasteiger partial charge in [-0.1, -0.05) is 0 Å². The molecule has 2 heterocycles. The highest BCUT2D eigenvalue weighted by Crippen LogP contribution is 2.07. The Morgan fingerprint density at radius 2 is 2.41 bits per heavy atom. The number of carbonyl (C=O) groups is 2. The average Bonchev–Trinajstić information content (AvgIpc) is 2.82. The Hall–Kier alpha value is -2.11. The van der Waals surface area contributed by atoms with Gasteiger partial charge in [0.15, 0.2) is 0 Å². The van der Waals surface area contributed by atoms with Gasteiger partial charge in [0.25, 0.3) is 5.91 Å². The predicted molar refractivity (Wildman–Crippen MR) is 60.0 cm³/mol. The summed E-state index contributed by atoms with van der Waals surface area (Å²) in [6.45, 7) is 0.461. The summed E-state index contributed by atoms with van der Waals surface area (Å²) < 4.78 is 4.93. The van der Waals surface area contributed by atoms with Crippen molar-refractivity contribution in [3.8, 4) is 0 Å². The number of hydrogen-bond acceptors (Lipinski definition) is 4. The lowest BCUT2D eigenvalue weighted by Gasteiger charge is -2.19. The van der Waals surface area contributed by atoms with Gasteiger partial charge in [-0.25, -0.2) is 5.43 Å². The minimum Gasteiger partial charge on any atom is -0.472 e. The Kier molecular flexibility index (Phi) is 3.22. The number of hydrogen-bond donors (Lipinski definition) is 1. The molecule has 6 nitrogen and oxygen atoms in total. The van der Waals surface area contributed by atoms with Crippen molar-refractivity contribution < 1.29 is 14.0 Å². The molecule has 0 aliphatic carbocycles. The normalized spacial score (nSPS) is 15.1. The lowest BCUT2D eigenvalue weighted by Crippen LogP contribution is -2.37. The molecule has 0 atom stereocenters. The van der Waals surface area contributed by atoms with Crippen molar-refractivity contribution in [2.24, 2.45) is 5.10 Å². The van der Waals surface area contributed by atoms with Crippen LogP contribution in [0.15, 0.2) is 28.1 Å². The smallest absolute Gasteiger partial charge is 0.270 e. The lowest BCUT2D eigenvalue weighted by atomic mass is 10.1. The van der Waals surface area contributed by atoms with E-state index >= 15 is 0 Å². The third-order valence-electron chi connectivity index (χ3n) is 2.50. The maximum atomic E-state index is 11.9. The number of nitrogens with one attached hydrogen (secondary N) is 1. The Bertz CT molecular complexity index is 451. The summed E-state index contributed by atoms with van der Waals surface area (Å²) in [6.07, 6.45) is 3.85.